The Morgan fingerprint density at radius 2 is 1.95 bits per heavy atom. The number of rotatable bonds is 5. The first-order valence-electron chi connectivity index (χ1n) is 7.08. The minimum atomic E-state index is -0.500. The van der Waals surface area contributed by atoms with Crippen LogP contribution in [-0.2, 0) is 14.3 Å². The van der Waals surface area contributed by atoms with Gasteiger partial charge in [-0.3, -0.25) is 4.79 Å². The van der Waals surface area contributed by atoms with Crippen molar-refractivity contribution in [1.29, 1.82) is 0 Å². The van der Waals surface area contributed by atoms with Crippen molar-refractivity contribution in [2.45, 2.75) is 51.7 Å². The molecule has 2 atom stereocenters. The van der Waals surface area contributed by atoms with Crippen LogP contribution in [-0.4, -0.2) is 43.9 Å². The molecule has 1 fully saturated rings. The van der Waals surface area contributed by atoms with E-state index in [1.807, 2.05) is 20.8 Å². The molecule has 0 aliphatic heterocycles. The summed E-state index contributed by atoms with van der Waals surface area (Å²) in [7, 11) is 1.60. The Morgan fingerprint density at radius 3 is 2.55 bits per heavy atom. The maximum atomic E-state index is 11.9. The minimum Gasteiger partial charge on any atom is -0.444 e. The minimum absolute atomic E-state index is 0.0167. The number of nitrogens with one attached hydrogen (secondary N) is 2. The van der Waals surface area contributed by atoms with Crippen LogP contribution in [0.3, 0.4) is 0 Å². The van der Waals surface area contributed by atoms with Crippen molar-refractivity contribution >= 4 is 12.0 Å². The summed E-state index contributed by atoms with van der Waals surface area (Å²) in [5.74, 6) is 0.00216. The van der Waals surface area contributed by atoms with Crippen molar-refractivity contribution in [3.05, 3.63) is 0 Å². The lowest BCUT2D eigenvalue weighted by Crippen LogP contribution is -2.38. The molecular formula is C14H26N2O4. The van der Waals surface area contributed by atoms with Crippen LogP contribution in [0, 0.1) is 5.92 Å². The van der Waals surface area contributed by atoms with Crippen LogP contribution in [0.5, 0.6) is 0 Å². The predicted octanol–water partition coefficient (Wildman–Crippen LogP) is 1.44. The van der Waals surface area contributed by atoms with E-state index in [-0.39, 0.29) is 17.9 Å². The van der Waals surface area contributed by atoms with Crippen molar-refractivity contribution in [1.82, 2.24) is 10.6 Å². The quantitative estimate of drug-likeness (QED) is 0.750. The van der Waals surface area contributed by atoms with Gasteiger partial charge >= 0.3 is 6.09 Å². The Labute approximate surface area is 120 Å². The highest BCUT2D eigenvalue weighted by atomic mass is 16.6. The molecule has 0 radical (unpaired) electrons. The Balaban J connectivity index is 2.29. The van der Waals surface area contributed by atoms with Crippen LogP contribution < -0.4 is 10.6 Å². The van der Waals surface area contributed by atoms with Crippen LogP contribution in [0.2, 0.25) is 0 Å². The van der Waals surface area contributed by atoms with Crippen LogP contribution in [0.1, 0.15) is 40.0 Å². The zero-order chi connectivity index (χ0) is 15.2. The van der Waals surface area contributed by atoms with Gasteiger partial charge in [-0.25, -0.2) is 4.79 Å². The highest BCUT2D eigenvalue weighted by Gasteiger charge is 2.31. The molecule has 2 amide bonds. The van der Waals surface area contributed by atoms with E-state index in [9.17, 15) is 9.59 Å². The molecule has 2 N–H and O–H groups in total. The van der Waals surface area contributed by atoms with Gasteiger partial charge in [0.05, 0.1) is 6.61 Å². The van der Waals surface area contributed by atoms with E-state index in [4.69, 9.17) is 9.47 Å². The van der Waals surface area contributed by atoms with E-state index in [0.717, 1.165) is 12.8 Å². The van der Waals surface area contributed by atoms with Gasteiger partial charge in [-0.2, -0.15) is 0 Å². The summed E-state index contributed by atoms with van der Waals surface area (Å²) in [6, 6.07) is 0.0167. The number of amides is 2. The van der Waals surface area contributed by atoms with Gasteiger partial charge < -0.3 is 20.1 Å². The number of methoxy groups -OCH3 is 1. The monoisotopic (exact) mass is 286 g/mol. The van der Waals surface area contributed by atoms with Crippen molar-refractivity contribution in [2.75, 3.05) is 20.3 Å². The summed E-state index contributed by atoms with van der Waals surface area (Å²) in [5, 5.41) is 5.65. The van der Waals surface area contributed by atoms with Gasteiger partial charge in [0, 0.05) is 25.6 Å². The normalized spacial score (nSPS) is 22.4. The summed E-state index contributed by atoms with van der Waals surface area (Å²) in [4.78, 5) is 23.5. The predicted molar refractivity (Wildman–Crippen MR) is 75.4 cm³/mol. The van der Waals surface area contributed by atoms with Gasteiger partial charge in [0.25, 0.3) is 0 Å². The Kier molecular flexibility index (Phi) is 6.26. The van der Waals surface area contributed by atoms with E-state index >= 15 is 0 Å². The van der Waals surface area contributed by atoms with Gasteiger partial charge in [-0.1, -0.05) is 0 Å². The molecule has 20 heavy (non-hydrogen) atoms. The second-order valence-corrected chi connectivity index (χ2v) is 6.14. The third-order valence-electron chi connectivity index (χ3n) is 3.13. The zero-order valence-electron chi connectivity index (χ0n) is 12.8. The van der Waals surface area contributed by atoms with Crippen molar-refractivity contribution in [3.8, 4) is 0 Å². The van der Waals surface area contributed by atoms with Crippen LogP contribution in [0.25, 0.3) is 0 Å². The van der Waals surface area contributed by atoms with Crippen LogP contribution in [0.15, 0.2) is 0 Å². The Hall–Kier alpha value is -1.30. The molecule has 116 valence electrons. The number of hydrogen-bond acceptors (Lipinski definition) is 4. The number of carbonyl (C=O) groups is 2. The molecule has 1 rings (SSSR count). The third kappa shape index (κ3) is 6.23. The Bertz CT molecular complexity index is 339. The molecule has 0 saturated heterocycles. The summed E-state index contributed by atoms with van der Waals surface area (Å²) < 4.78 is 10.1. The van der Waals surface area contributed by atoms with E-state index in [2.05, 4.69) is 10.6 Å². The number of ether oxygens (including phenoxy) is 2. The molecule has 1 unspecified atom stereocenters. The van der Waals surface area contributed by atoms with Gasteiger partial charge in [0.15, 0.2) is 0 Å². The average molecular weight is 286 g/mol. The molecule has 6 nitrogen and oxygen atoms in total. The second-order valence-electron chi connectivity index (χ2n) is 6.14. The second kappa shape index (κ2) is 7.47. The lowest BCUT2D eigenvalue weighted by Gasteiger charge is -2.21. The summed E-state index contributed by atoms with van der Waals surface area (Å²) >= 11 is 0. The van der Waals surface area contributed by atoms with Gasteiger partial charge in [-0.15, -0.1) is 0 Å². The molecule has 0 spiro atoms. The number of alkyl carbamates (subject to hydrolysis) is 1. The highest BCUT2D eigenvalue weighted by Crippen LogP contribution is 2.26. The van der Waals surface area contributed by atoms with Crippen molar-refractivity contribution in [3.63, 3.8) is 0 Å². The van der Waals surface area contributed by atoms with E-state index < -0.39 is 11.7 Å². The summed E-state index contributed by atoms with van der Waals surface area (Å²) in [6.45, 7) is 6.52. The SMILES string of the molecule is COCCNC(=O)C1CC[C@@H](NC(=O)OC(C)(C)C)C1. The topological polar surface area (TPSA) is 76.7 Å². The summed E-state index contributed by atoms with van der Waals surface area (Å²) in [6.07, 6.45) is 1.85. The highest BCUT2D eigenvalue weighted by molar-refractivity contribution is 5.79. The Morgan fingerprint density at radius 1 is 1.25 bits per heavy atom. The van der Waals surface area contributed by atoms with Gasteiger partial charge in [0.1, 0.15) is 5.60 Å². The zero-order valence-corrected chi connectivity index (χ0v) is 12.8. The molecule has 0 bridgehead atoms. The van der Waals surface area contributed by atoms with E-state index in [1.165, 1.54) is 0 Å². The fraction of sp³-hybridized carbons (Fsp3) is 0.857. The molecule has 0 aromatic carbocycles. The molecule has 1 aliphatic carbocycles. The maximum Gasteiger partial charge on any atom is 0.407 e. The van der Waals surface area contributed by atoms with Crippen LogP contribution in [0.4, 0.5) is 4.79 Å². The molecule has 0 aromatic heterocycles. The first-order valence-corrected chi connectivity index (χ1v) is 7.08. The maximum absolute atomic E-state index is 11.9. The molecule has 0 aromatic rings. The first-order chi connectivity index (χ1) is 9.31. The number of carbonyl (C=O) groups excluding carboxylic acids is 2. The largest absolute Gasteiger partial charge is 0.444 e. The smallest absolute Gasteiger partial charge is 0.407 e. The van der Waals surface area contributed by atoms with Gasteiger partial charge in [0.2, 0.25) is 5.91 Å². The van der Waals surface area contributed by atoms with E-state index in [0.29, 0.717) is 19.6 Å². The lowest BCUT2D eigenvalue weighted by atomic mass is 10.1. The fourth-order valence-electron chi connectivity index (χ4n) is 2.25. The molecule has 0 heterocycles. The average Bonchev–Trinajstić information content (AvgIpc) is 2.75. The number of hydrogen-bond donors (Lipinski definition) is 2. The molecule has 1 saturated carbocycles. The summed E-state index contributed by atoms with van der Waals surface area (Å²) in [5.41, 5.74) is -0.500. The van der Waals surface area contributed by atoms with Crippen molar-refractivity contribution in [2.24, 2.45) is 5.92 Å². The third-order valence-corrected chi connectivity index (χ3v) is 3.13. The van der Waals surface area contributed by atoms with Gasteiger partial charge in [-0.05, 0) is 40.0 Å². The standard InChI is InChI=1S/C14H26N2O4/c1-14(2,3)20-13(18)16-11-6-5-10(9-11)12(17)15-7-8-19-4/h10-11H,5-9H2,1-4H3,(H,15,17)(H,16,18)/t10?,11-/m1/s1. The first kappa shape index (κ1) is 16.8. The molecular weight excluding hydrogens is 260 g/mol. The molecule has 1 aliphatic rings. The van der Waals surface area contributed by atoms with Crippen molar-refractivity contribution < 1.29 is 19.1 Å². The molecule has 6 heteroatoms. The lowest BCUT2D eigenvalue weighted by molar-refractivity contribution is -0.125. The fourth-order valence-corrected chi connectivity index (χ4v) is 2.25. The van der Waals surface area contributed by atoms with Crippen LogP contribution >= 0.6 is 0 Å². The van der Waals surface area contributed by atoms with E-state index in [1.54, 1.807) is 7.11 Å².